The smallest absolute Gasteiger partial charge is 0.269 e. The number of nitrogens with zero attached hydrogens (tertiary/aromatic N) is 1. The molecule has 0 aliphatic carbocycles. The van der Waals surface area contributed by atoms with E-state index in [2.05, 4.69) is 15.8 Å². The summed E-state index contributed by atoms with van der Waals surface area (Å²) in [6.07, 6.45) is 0. The van der Waals surface area contributed by atoms with Crippen molar-refractivity contribution < 1.29 is 14.3 Å². The van der Waals surface area contributed by atoms with Crippen LogP contribution in [0.3, 0.4) is 0 Å². The Balaban J connectivity index is 1.47. The van der Waals surface area contributed by atoms with Crippen molar-refractivity contribution in [3.63, 3.8) is 0 Å². The van der Waals surface area contributed by atoms with Crippen LogP contribution in [-0.2, 0) is 0 Å². The van der Waals surface area contributed by atoms with Crippen LogP contribution in [0.4, 0.5) is 5.13 Å². The number of hydrogen-bond acceptors (Lipinski definition) is 6. The molecule has 29 heavy (non-hydrogen) atoms. The summed E-state index contributed by atoms with van der Waals surface area (Å²) >= 11 is 7.55. The van der Waals surface area contributed by atoms with Crippen molar-refractivity contribution in [1.29, 1.82) is 0 Å². The molecule has 0 atom stereocenters. The van der Waals surface area contributed by atoms with Gasteiger partial charge in [-0.25, -0.2) is 4.98 Å². The number of rotatable bonds is 6. The van der Waals surface area contributed by atoms with Crippen molar-refractivity contribution in [2.75, 3.05) is 12.5 Å². The summed E-state index contributed by atoms with van der Waals surface area (Å²) in [5, 5.41) is 1.07. The number of benzene rings is 3. The molecule has 6 nitrogen and oxygen atoms in total. The minimum absolute atomic E-state index is 0.319. The Morgan fingerprint density at radius 3 is 2.62 bits per heavy atom. The third-order valence-corrected chi connectivity index (χ3v) is 5.47. The summed E-state index contributed by atoms with van der Waals surface area (Å²) in [5.41, 5.74) is 6.56. The topological polar surface area (TPSA) is 72.5 Å². The zero-order valence-corrected chi connectivity index (χ0v) is 16.9. The van der Waals surface area contributed by atoms with E-state index in [0.717, 1.165) is 4.70 Å². The quantitative estimate of drug-likeness (QED) is 0.398. The molecule has 0 radical (unpaired) electrons. The number of para-hydroxylation sites is 1. The molecule has 4 aromatic rings. The molecule has 1 aromatic heterocycles. The largest absolute Gasteiger partial charge is 0.494 e. The molecule has 0 aliphatic heterocycles. The zero-order chi connectivity index (χ0) is 20.2. The van der Waals surface area contributed by atoms with Gasteiger partial charge in [-0.2, -0.15) is 0 Å². The van der Waals surface area contributed by atoms with Gasteiger partial charge < -0.3 is 9.47 Å². The van der Waals surface area contributed by atoms with Gasteiger partial charge in [-0.05, 0) is 42.5 Å². The van der Waals surface area contributed by atoms with Crippen LogP contribution in [0.15, 0.2) is 66.7 Å². The number of nitrogens with one attached hydrogen (secondary N) is 2. The van der Waals surface area contributed by atoms with Gasteiger partial charge >= 0.3 is 0 Å². The van der Waals surface area contributed by atoms with Crippen molar-refractivity contribution >= 4 is 44.2 Å². The molecule has 0 fully saturated rings. The number of anilines is 1. The van der Waals surface area contributed by atoms with Crippen LogP contribution in [0.2, 0.25) is 5.02 Å². The molecule has 8 heteroatoms. The molecule has 3 aromatic carbocycles. The zero-order valence-electron chi connectivity index (χ0n) is 15.3. The lowest BCUT2D eigenvalue weighted by Gasteiger charge is -2.08. The number of hydrazine groups is 1. The van der Waals surface area contributed by atoms with Crippen molar-refractivity contribution in [3.05, 3.63) is 77.3 Å². The van der Waals surface area contributed by atoms with Crippen LogP contribution in [0.1, 0.15) is 10.4 Å². The first-order chi connectivity index (χ1) is 14.1. The van der Waals surface area contributed by atoms with E-state index in [9.17, 15) is 4.79 Å². The molecule has 0 unspecified atom stereocenters. The van der Waals surface area contributed by atoms with Gasteiger partial charge in [-0.1, -0.05) is 47.2 Å². The van der Waals surface area contributed by atoms with Gasteiger partial charge in [0, 0.05) is 5.56 Å². The SMILES string of the molecule is COc1ccc(Cl)c2sc(NNC(=O)c3cccc(Oc4ccccc4)c3)nc12. The summed E-state index contributed by atoms with van der Waals surface area (Å²) < 4.78 is 11.9. The molecular weight excluding hydrogens is 410 g/mol. The van der Waals surface area contributed by atoms with Gasteiger partial charge in [0.2, 0.25) is 5.13 Å². The van der Waals surface area contributed by atoms with Gasteiger partial charge in [0.25, 0.3) is 5.91 Å². The van der Waals surface area contributed by atoms with Crippen LogP contribution >= 0.6 is 22.9 Å². The average Bonchev–Trinajstić information content (AvgIpc) is 3.18. The summed E-state index contributed by atoms with van der Waals surface area (Å²) in [7, 11) is 1.57. The van der Waals surface area contributed by atoms with E-state index in [1.807, 2.05) is 30.3 Å². The summed E-state index contributed by atoms with van der Waals surface area (Å²) in [6, 6.07) is 19.8. The van der Waals surface area contributed by atoms with E-state index in [1.54, 1.807) is 43.5 Å². The van der Waals surface area contributed by atoms with E-state index < -0.39 is 0 Å². The Bertz CT molecular complexity index is 1160. The van der Waals surface area contributed by atoms with Crippen molar-refractivity contribution in [1.82, 2.24) is 10.4 Å². The van der Waals surface area contributed by atoms with Crippen LogP contribution in [0, 0.1) is 0 Å². The molecule has 0 spiro atoms. The highest BCUT2D eigenvalue weighted by Crippen LogP contribution is 2.37. The predicted octanol–water partition coefficient (Wildman–Crippen LogP) is 5.51. The Morgan fingerprint density at radius 2 is 1.83 bits per heavy atom. The number of ether oxygens (including phenoxy) is 2. The van der Waals surface area contributed by atoms with Crippen LogP contribution in [0.25, 0.3) is 10.2 Å². The van der Waals surface area contributed by atoms with Crippen molar-refractivity contribution in [2.24, 2.45) is 0 Å². The Hall–Kier alpha value is -3.29. The number of carbonyl (C=O) groups is 1. The lowest BCUT2D eigenvalue weighted by Crippen LogP contribution is -2.29. The number of fused-ring (bicyclic) bond motifs is 1. The first kappa shape index (κ1) is 19.0. The van der Waals surface area contributed by atoms with Gasteiger partial charge in [-0.3, -0.25) is 15.6 Å². The second-order valence-electron chi connectivity index (χ2n) is 5.97. The minimum Gasteiger partial charge on any atom is -0.494 e. The molecule has 0 saturated heterocycles. The predicted molar refractivity (Wildman–Crippen MR) is 115 cm³/mol. The summed E-state index contributed by atoms with van der Waals surface area (Å²) in [5.74, 6) is 1.57. The number of amides is 1. The molecule has 0 saturated carbocycles. The highest BCUT2D eigenvalue weighted by Gasteiger charge is 2.13. The maximum absolute atomic E-state index is 12.5. The van der Waals surface area contributed by atoms with Gasteiger partial charge in [-0.15, -0.1) is 0 Å². The molecule has 146 valence electrons. The van der Waals surface area contributed by atoms with E-state index >= 15 is 0 Å². The molecule has 0 aliphatic rings. The molecule has 0 bridgehead atoms. The summed E-state index contributed by atoms with van der Waals surface area (Å²) in [4.78, 5) is 17.0. The second kappa shape index (κ2) is 8.38. The number of carbonyl (C=O) groups excluding carboxylic acids is 1. The van der Waals surface area contributed by atoms with E-state index in [1.165, 1.54) is 11.3 Å². The van der Waals surface area contributed by atoms with E-state index in [-0.39, 0.29) is 5.91 Å². The molecule has 1 amide bonds. The average molecular weight is 426 g/mol. The molecular formula is C21H16ClN3O3S. The maximum atomic E-state index is 12.5. The fourth-order valence-electron chi connectivity index (χ4n) is 2.68. The van der Waals surface area contributed by atoms with E-state index in [4.69, 9.17) is 21.1 Å². The standard InChI is InChI=1S/C21H16ClN3O3S/c1-27-17-11-10-16(22)19-18(17)23-21(29-19)25-24-20(26)13-6-5-9-15(12-13)28-14-7-3-2-4-8-14/h2-12H,1H3,(H,23,25)(H,24,26). The number of hydrogen-bond donors (Lipinski definition) is 2. The first-order valence-corrected chi connectivity index (χ1v) is 9.86. The molecule has 2 N–H and O–H groups in total. The van der Waals surface area contributed by atoms with Crippen LogP contribution in [0.5, 0.6) is 17.2 Å². The number of halogens is 1. The number of aromatic nitrogens is 1. The van der Waals surface area contributed by atoms with Gasteiger partial charge in [0.1, 0.15) is 22.8 Å². The molecule has 1 heterocycles. The van der Waals surface area contributed by atoms with Gasteiger partial charge in [0.15, 0.2) is 0 Å². The highest BCUT2D eigenvalue weighted by atomic mass is 35.5. The van der Waals surface area contributed by atoms with Crippen LogP contribution < -0.4 is 20.3 Å². The normalized spacial score (nSPS) is 10.6. The van der Waals surface area contributed by atoms with E-state index in [0.29, 0.717) is 38.5 Å². The minimum atomic E-state index is -0.319. The fourth-order valence-corrected chi connectivity index (χ4v) is 3.79. The lowest BCUT2D eigenvalue weighted by atomic mass is 10.2. The molecule has 4 rings (SSSR count). The monoisotopic (exact) mass is 425 g/mol. The highest BCUT2D eigenvalue weighted by molar-refractivity contribution is 7.22. The van der Waals surface area contributed by atoms with Crippen molar-refractivity contribution in [3.8, 4) is 17.2 Å². The Labute approximate surface area is 176 Å². The fraction of sp³-hybridized carbons (Fsp3) is 0.0476. The first-order valence-electron chi connectivity index (χ1n) is 8.66. The maximum Gasteiger partial charge on any atom is 0.269 e. The summed E-state index contributed by atoms with van der Waals surface area (Å²) in [6.45, 7) is 0. The van der Waals surface area contributed by atoms with Crippen LogP contribution in [-0.4, -0.2) is 18.0 Å². The Morgan fingerprint density at radius 1 is 1.03 bits per heavy atom. The second-order valence-corrected chi connectivity index (χ2v) is 7.37. The number of thiazole rings is 1. The number of methoxy groups -OCH3 is 1. The lowest BCUT2D eigenvalue weighted by molar-refractivity contribution is 0.0962. The van der Waals surface area contributed by atoms with Crippen molar-refractivity contribution in [2.45, 2.75) is 0 Å². The van der Waals surface area contributed by atoms with Gasteiger partial charge in [0.05, 0.1) is 16.8 Å². The third kappa shape index (κ3) is 4.26. The Kier molecular flexibility index (Phi) is 5.50. The third-order valence-electron chi connectivity index (χ3n) is 4.04.